The highest BCUT2D eigenvalue weighted by atomic mass is 16.5. The van der Waals surface area contributed by atoms with Crippen LogP contribution in [0.15, 0.2) is 42.6 Å². The number of nitrogens with zero attached hydrogens (tertiary/aromatic N) is 3. The van der Waals surface area contributed by atoms with Crippen LogP contribution in [0.25, 0.3) is 0 Å². The van der Waals surface area contributed by atoms with Crippen LogP contribution in [0.4, 0.5) is 0 Å². The molecule has 4 rings (SSSR count). The van der Waals surface area contributed by atoms with Gasteiger partial charge in [-0.1, -0.05) is 12.1 Å². The fourth-order valence-electron chi connectivity index (χ4n) is 3.93. The van der Waals surface area contributed by atoms with Gasteiger partial charge in [-0.2, -0.15) is 0 Å². The molecular formula is C23H25N3O4. The molecule has 0 radical (unpaired) electrons. The first-order chi connectivity index (χ1) is 14.5. The second kappa shape index (κ2) is 8.65. The number of rotatable bonds is 6. The summed E-state index contributed by atoms with van der Waals surface area (Å²) in [5, 5.41) is 0. The molecule has 2 aliphatic heterocycles. The van der Waals surface area contributed by atoms with Gasteiger partial charge in [-0.05, 0) is 37.6 Å². The molecule has 0 spiro atoms. The van der Waals surface area contributed by atoms with Gasteiger partial charge in [0.15, 0.2) is 0 Å². The summed E-state index contributed by atoms with van der Waals surface area (Å²) in [5.74, 6) is 0.270. The van der Waals surface area contributed by atoms with Crippen LogP contribution in [0.2, 0.25) is 0 Å². The monoisotopic (exact) mass is 407 g/mol. The van der Waals surface area contributed by atoms with Crippen molar-refractivity contribution in [3.63, 3.8) is 0 Å². The van der Waals surface area contributed by atoms with E-state index in [9.17, 15) is 14.4 Å². The smallest absolute Gasteiger partial charge is 0.261 e. The Hall–Kier alpha value is -3.22. The number of piperidine rings is 1. The highest BCUT2D eigenvalue weighted by molar-refractivity contribution is 6.21. The summed E-state index contributed by atoms with van der Waals surface area (Å²) in [6.07, 6.45) is 4.15. The summed E-state index contributed by atoms with van der Waals surface area (Å²) < 4.78 is 5.96. The lowest BCUT2D eigenvalue weighted by molar-refractivity contribution is -0.133. The quantitative estimate of drug-likeness (QED) is 0.688. The molecule has 0 bridgehead atoms. The second-order valence-electron chi connectivity index (χ2n) is 7.74. The second-order valence-corrected chi connectivity index (χ2v) is 7.74. The number of hydrogen-bond donors (Lipinski definition) is 0. The van der Waals surface area contributed by atoms with Gasteiger partial charge >= 0.3 is 0 Å². The molecular weight excluding hydrogens is 382 g/mol. The number of amides is 3. The Morgan fingerprint density at radius 3 is 2.33 bits per heavy atom. The van der Waals surface area contributed by atoms with Crippen molar-refractivity contribution in [2.24, 2.45) is 0 Å². The molecule has 0 unspecified atom stereocenters. The maximum atomic E-state index is 12.5. The molecule has 1 saturated heterocycles. The fraction of sp³-hybridized carbons (Fsp3) is 0.391. The van der Waals surface area contributed by atoms with Crippen molar-refractivity contribution in [3.05, 3.63) is 59.4 Å². The molecule has 1 fully saturated rings. The number of likely N-dealkylation sites (tertiary alicyclic amines) is 1. The minimum Gasteiger partial charge on any atom is -0.489 e. The standard InChI is InChI=1S/C23H25N3O4/c1-16-8-9-18(15-24-16)30-17-10-13-25(14-11-17)21(27)7-4-12-26-22(28)19-5-2-3-6-20(19)23(26)29/h2-3,5-6,8-9,15,17H,4,7,10-14H2,1H3. The van der Waals surface area contributed by atoms with E-state index < -0.39 is 0 Å². The van der Waals surface area contributed by atoms with E-state index in [1.54, 1.807) is 30.5 Å². The third kappa shape index (κ3) is 4.20. The molecule has 3 amide bonds. The first-order valence-corrected chi connectivity index (χ1v) is 10.4. The number of hydrogen-bond acceptors (Lipinski definition) is 5. The Morgan fingerprint density at radius 1 is 1.07 bits per heavy atom. The van der Waals surface area contributed by atoms with Crippen molar-refractivity contribution in [1.29, 1.82) is 0 Å². The zero-order valence-corrected chi connectivity index (χ0v) is 17.0. The van der Waals surface area contributed by atoms with Crippen LogP contribution >= 0.6 is 0 Å². The molecule has 0 aliphatic carbocycles. The van der Waals surface area contributed by atoms with Crippen LogP contribution < -0.4 is 4.74 Å². The van der Waals surface area contributed by atoms with Gasteiger partial charge in [-0.3, -0.25) is 24.3 Å². The summed E-state index contributed by atoms with van der Waals surface area (Å²) in [4.78, 5) is 44.6. The zero-order chi connectivity index (χ0) is 21.1. The topological polar surface area (TPSA) is 79.8 Å². The lowest BCUT2D eigenvalue weighted by Gasteiger charge is -2.32. The Kier molecular flexibility index (Phi) is 5.79. The predicted molar refractivity (Wildman–Crippen MR) is 110 cm³/mol. The highest BCUT2D eigenvalue weighted by Crippen LogP contribution is 2.23. The Morgan fingerprint density at radius 2 is 1.73 bits per heavy atom. The van der Waals surface area contributed by atoms with Gasteiger partial charge in [0.1, 0.15) is 11.9 Å². The summed E-state index contributed by atoms with van der Waals surface area (Å²) >= 11 is 0. The normalized spacial score (nSPS) is 16.7. The number of pyridine rings is 1. The van der Waals surface area contributed by atoms with Crippen LogP contribution in [0.1, 0.15) is 52.1 Å². The van der Waals surface area contributed by atoms with Crippen molar-refractivity contribution in [2.45, 2.75) is 38.7 Å². The number of carbonyl (C=O) groups is 3. The summed E-state index contributed by atoms with van der Waals surface area (Å²) in [6, 6.07) is 10.7. The van der Waals surface area contributed by atoms with Crippen LogP contribution in [0, 0.1) is 6.92 Å². The Bertz CT molecular complexity index is 914. The SMILES string of the molecule is Cc1ccc(OC2CCN(C(=O)CCCN3C(=O)c4ccccc4C3=O)CC2)cn1. The molecule has 0 atom stereocenters. The first-order valence-electron chi connectivity index (χ1n) is 10.4. The Labute approximate surface area is 175 Å². The summed E-state index contributed by atoms with van der Waals surface area (Å²) in [5.41, 5.74) is 1.84. The zero-order valence-electron chi connectivity index (χ0n) is 17.0. The van der Waals surface area contributed by atoms with Gasteiger partial charge < -0.3 is 9.64 Å². The van der Waals surface area contributed by atoms with Crippen molar-refractivity contribution < 1.29 is 19.1 Å². The minimum absolute atomic E-state index is 0.0575. The van der Waals surface area contributed by atoms with E-state index in [0.29, 0.717) is 37.1 Å². The maximum absolute atomic E-state index is 12.5. The largest absolute Gasteiger partial charge is 0.489 e. The molecule has 156 valence electrons. The van der Waals surface area contributed by atoms with Crippen LogP contribution in [0.5, 0.6) is 5.75 Å². The van der Waals surface area contributed by atoms with E-state index in [0.717, 1.165) is 24.3 Å². The van der Waals surface area contributed by atoms with Gasteiger partial charge in [0.25, 0.3) is 11.8 Å². The van der Waals surface area contributed by atoms with E-state index in [-0.39, 0.29) is 30.4 Å². The van der Waals surface area contributed by atoms with Crippen molar-refractivity contribution in [1.82, 2.24) is 14.8 Å². The van der Waals surface area contributed by atoms with E-state index in [1.807, 2.05) is 24.0 Å². The number of aromatic nitrogens is 1. The number of benzene rings is 1. The third-order valence-corrected chi connectivity index (χ3v) is 5.63. The molecule has 0 saturated carbocycles. The minimum atomic E-state index is -0.272. The van der Waals surface area contributed by atoms with Gasteiger partial charge in [-0.25, -0.2) is 0 Å². The molecule has 2 aliphatic rings. The molecule has 2 aromatic rings. The van der Waals surface area contributed by atoms with Gasteiger partial charge in [0.05, 0.1) is 17.3 Å². The first kappa shape index (κ1) is 20.1. The fourth-order valence-corrected chi connectivity index (χ4v) is 3.93. The molecule has 7 nitrogen and oxygen atoms in total. The lowest BCUT2D eigenvalue weighted by atomic mass is 10.1. The Balaban J connectivity index is 1.21. The number of carbonyl (C=O) groups excluding carboxylic acids is 3. The molecule has 1 aromatic heterocycles. The van der Waals surface area contributed by atoms with Crippen molar-refractivity contribution in [2.75, 3.05) is 19.6 Å². The van der Waals surface area contributed by atoms with Crippen LogP contribution in [-0.2, 0) is 4.79 Å². The number of imide groups is 1. The molecule has 7 heteroatoms. The highest BCUT2D eigenvalue weighted by Gasteiger charge is 2.34. The maximum Gasteiger partial charge on any atom is 0.261 e. The number of ether oxygens (including phenoxy) is 1. The van der Waals surface area contributed by atoms with E-state index in [4.69, 9.17) is 4.74 Å². The number of fused-ring (bicyclic) bond motifs is 1. The van der Waals surface area contributed by atoms with Crippen molar-refractivity contribution in [3.8, 4) is 5.75 Å². The molecule has 3 heterocycles. The van der Waals surface area contributed by atoms with E-state index >= 15 is 0 Å². The summed E-state index contributed by atoms with van der Waals surface area (Å²) in [6.45, 7) is 3.49. The third-order valence-electron chi connectivity index (χ3n) is 5.63. The molecule has 30 heavy (non-hydrogen) atoms. The van der Waals surface area contributed by atoms with Gasteiger partial charge in [0, 0.05) is 44.6 Å². The van der Waals surface area contributed by atoms with Crippen LogP contribution in [0.3, 0.4) is 0 Å². The predicted octanol–water partition coefficient (Wildman–Crippen LogP) is 2.84. The van der Waals surface area contributed by atoms with Crippen LogP contribution in [-0.4, -0.2) is 58.2 Å². The van der Waals surface area contributed by atoms with E-state index in [1.165, 1.54) is 4.90 Å². The van der Waals surface area contributed by atoms with Gasteiger partial charge in [-0.15, -0.1) is 0 Å². The molecule has 0 N–H and O–H groups in total. The average molecular weight is 407 g/mol. The van der Waals surface area contributed by atoms with Gasteiger partial charge in [0.2, 0.25) is 5.91 Å². The lowest BCUT2D eigenvalue weighted by Crippen LogP contribution is -2.42. The van der Waals surface area contributed by atoms with Crippen molar-refractivity contribution >= 4 is 17.7 Å². The summed E-state index contributed by atoms with van der Waals surface area (Å²) in [7, 11) is 0. The average Bonchev–Trinajstić information content (AvgIpc) is 3.01. The molecule has 1 aromatic carbocycles. The number of aryl methyl sites for hydroxylation is 1. The van der Waals surface area contributed by atoms with E-state index in [2.05, 4.69) is 4.98 Å².